The zero-order valence-electron chi connectivity index (χ0n) is 15.1. The molecule has 6 nitrogen and oxygen atoms in total. The van der Waals surface area contributed by atoms with Gasteiger partial charge >= 0.3 is 6.09 Å². The van der Waals surface area contributed by atoms with E-state index in [1.807, 2.05) is 13.8 Å². The van der Waals surface area contributed by atoms with Crippen molar-refractivity contribution in [2.24, 2.45) is 5.92 Å². The number of halogens is 1. The summed E-state index contributed by atoms with van der Waals surface area (Å²) in [4.78, 5) is 24.8. The highest BCUT2D eigenvalue weighted by Gasteiger charge is 2.26. The van der Waals surface area contributed by atoms with Gasteiger partial charge in [-0.3, -0.25) is 9.52 Å². The number of amides is 2. The fraction of sp³-hybridized carbons (Fsp3) is 0.529. The molecule has 0 aliphatic rings. The first-order valence-electron chi connectivity index (χ1n) is 7.95. The van der Waals surface area contributed by atoms with Gasteiger partial charge in [-0.1, -0.05) is 31.5 Å². The van der Waals surface area contributed by atoms with Crippen molar-refractivity contribution in [3.8, 4) is 0 Å². The fourth-order valence-corrected chi connectivity index (χ4v) is 3.09. The van der Waals surface area contributed by atoms with E-state index in [0.29, 0.717) is 16.3 Å². The van der Waals surface area contributed by atoms with Crippen molar-refractivity contribution in [1.82, 2.24) is 10.0 Å². The summed E-state index contributed by atoms with van der Waals surface area (Å²) < 4.78 is 19.9. The second-order valence-electron chi connectivity index (χ2n) is 7.02. The Morgan fingerprint density at radius 2 is 1.92 bits per heavy atom. The molecule has 0 spiro atoms. The summed E-state index contributed by atoms with van der Waals surface area (Å²) in [5, 5.41) is 2.96. The second-order valence-corrected chi connectivity index (χ2v) is 8.67. The van der Waals surface area contributed by atoms with E-state index >= 15 is 0 Å². The molecule has 140 valence electrons. The van der Waals surface area contributed by atoms with E-state index in [2.05, 4.69) is 10.0 Å². The van der Waals surface area contributed by atoms with Crippen LogP contribution in [0.15, 0.2) is 29.2 Å². The molecule has 25 heavy (non-hydrogen) atoms. The van der Waals surface area contributed by atoms with Crippen molar-refractivity contribution in [3.05, 3.63) is 29.3 Å². The summed E-state index contributed by atoms with van der Waals surface area (Å²) >= 11 is 5.87. The molecule has 1 rings (SSSR count). The minimum absolute atomic E-state index is 0.144. The predicted octanol–water partition coefficient (Wildman–Crippen LogP) is 3.42. The SMILES string of the molecule is CC(C)C[C@H](NC(=O)OC(C)(C)C)C(=O)N[S@](=O)c1cccc(Cl)c1. The average molecular weight is 389 g/mol. The van der Waals surface area contributed by atoms with Crippen molar-refractivity contribution in [1.29, 1.82) is 0 Å². The molecule has 0 unspecified atom stereocenters. The van der Waals surface area contributed by atoms with Gasteiger partial charge in [0.15, 0.2) is 11.0 Å². The van der Waals surface area contributed by atoms with Gasteiger partial charge in [-0.2, -0.15) is 0 Å². The van der Waals surface area contributed by atoms with Gasteiger partial charge in [-0.25, -0.2) is 9.00 Å². The van der Waals surface area contributed by atoms with Gasteiger partial charge in [0.05, 0.1) is 4.90 Å². The molecule has 0 saturated carbocycles. The molecule has 0 aliphatic carbocycles. The maximum Gasteiger partial charge on any atom is 0.408 e. The van der Waals surface area contributed by atoms with E-state index < -0.39 is 34.6 Å². The van der Waals surface area contributed by atoms with Crippen LogP contribution in [0.4, 0.5) is 4.79 Å². The van der Waals surface area contributed by atoms with Gasteiger partial charge in [0.2, 0.25) is 0 Å². The molecule has 0 aromatic heterocycles. The minimum Gasteiger partial charge on any atom is -0.444 e. The number of nitrogens with one attached hydrogen (secondary N) is 2. The molecule has 1 aromatic carbocycles. The predicted molar refractivity (Wildman–Crippen MR) is 98.6 cm³/mol. The van der Waals surface area contributed by atoms with Crippen LogP contribution in [0.2, 0.25) is 5.02 Å². The average Bonchev–Trinajstić information content (AvgIpc) is 2.43. The summed E-state index contributed by atoms with van der Waals surface area (Å²) in [7, 11) is -1.77. The van der Waals surface area contributed by atoms with Gasteiger partial charge in [-0.15, -0.1) is 0 Å². The maximum atomic E-state index is 12.4. The Morgan fingerprint density at radius 3 is 2.44 bits per heavy atom. The monoisotopic (exact) mass is 388 g/mol. The summed E-state index contributed by atoms with van der Waals surface area (Å²) in [5.41, 5.74) is -0.674. The van der Waals surface area contributed by atoms with Crippen LogP contribution in [0.3, 0.4) is 0 Å². The standard InChI is InChI=1S/C17H25ClN2O4S/c1-11(2)9-14(19-16(22)24-17(3,4)5)15(21)20-25(23)13-8-6-7-12(18)10-13/h6-8,10-11,14H,9H2,1-5H3,(H,19,22)(H,20,21)/t14-,25+/m0/s1. The molecular weight excluding hydrogens is 364 g/mol. The van der Waals surface area contributed by atoms with Gasteiger partial charge in [0, 0.05) is 5.02 Å². The summed E-state index contributed by atoms with van der Waals surface area (Å²) in [6, 6.07) is 5.55. The van der Waals surface area contributed by atoms with Gasteiger partial charge in [0.1, 0.15) is 11.6 Å². The second kappa shape index (κ2) is 9.20. The van der Waals surface area contributed by atoms with E-state index in [0.717, 1.165) is 0 Å². The van der Waals surface area contributed by atoms with Crippen molar-refractivity contribution >= 4 is 34.6 Å². The van der Waals surface area contributed by atoms with Crippen LogP contribution in [0.1, 0.15) is 41.0 Å². The van der Waals surface area contributed by atoms with Crippen molar-refractivity contribution < 1.29 is 18.5 Å². The highest BCUT2D eigenvalue weighted by Crippen LogP contribution is 2.14. The molecule has 0 fully saturated rings. The smallest absolute Gasteiger partial charge is 0.408 e. The fourth-order valence-electron chi connectivity index (χ4n) is 1.96. The van der Waals surface area contributed by atoms with Crippen LogP contribution < -0.4 is 10.0 Å². The van der Waals surface area contributed by atoms with Crippen molar-refractivity contribution in [2.45, 2.75) is 57.6 Å². The van der Waals surface area contributed by atoms with Gasteiger partial charge in [0.25, 0.3) is 5.91 Å². The lowest BCUT2D eigenvalue weighted by Gasteiger charge is -2.24. The highest BCUT2D eigenvalue weighted by atomic mass is 35.5. The van der Waals surface area contributed by atoms with Gasteiger partial charge in [-0.05, 0) is 51.3 Å². The number of carbonyl (C=O) groups is 2. The quantitative estimate of drug-likeness (QED) is 0.781. The molecule has 8 heteroatoms. The Labute approximate surface area is 156 Å². The minimum atomic E-state index is -1.77. The van der Waals surface area contributed by atoms with Crippen LogP contribution in [0.5, 0.6) is 0 Å². The first-order chi connectivity index (χ1) is 11.5. The lowest BCUT2D eigenvalue weighted by molar-refractivity contribution is -0.121. The molecule has 2 N–H and O–H groups in total. The van der Waals surface area contributed by atoms with E-state index in [9.17, 15) is 13.8 Å². The molecule has 0 aliphatic heterocycles. The summed E-state index contributed by atoms with van der Waals surface area (Å²) in [6.45, 7) is 9.05. The molecular formula is C17H25ClN2O4S. The van der Waals surface area contributed by atoms with Crippen LogP contribution in [0.25, 0.3) is 0 Å². The molecule has 2 amide bonds. The summed E-state index contributed by atoms with van der Waals surface area (Å²) in [6.07, 6.45) is -0.306. The van der Waals surface area contributed by atoms with Gasteiger partial charge < -0.3 is 10.1 Å². The topological polar surface area (TPSA) is 84.5 Å². The third kappa shape index (κ3) is 8.36. The number of carbonyl (C=O) groups excluding carboxylic acids is 2. The third-order valence-electron chi connectivity index (χ3n) is 2.92. The first-order valence-corrected chi connectivity index (χ1v) is 9.48. The zero-order valence-corrected chi connectivity index (χ0v) is 16.7. The molecule has 0 radical (unpaired) electrons. The highest BCUT2D eigenvalue weighted by molar-refractivity contribution is 7.83. The zero-order chi connectivity index (χ0) is 19.2. The Bertz CT molecular complexity index is 644. The van der Waals surface area contributed by atoms with Crippen molar-refractivity contribution in [2.75, 3.05) is 0 Å². The van der Waals surface area contributed by atoms with Crippen LogP contribution in [-0.4, -0.2) is 27.9 Å². The summed E-state index contributed by atoms with van der Waals surface area (Å²) in [5.74, 6) is -0.400. The Morgan fingerprint density at radius 1 is 1.28 bits per heavy atom. The van der Waals surface area contributed by atoms with Crippen LogP contribution in [0, 0.1) is 5.92 Å². The molecule has 0 saturated heterocycles. The third-order valence-corrected chi connectivity index (χ3v) is 4.22. The molecule has 1 aromatic rings. The normalized spacial score (nSPS) is 13.9. The van der Waals surface area contributed by atoms with Crippen LogP contribution in [-0.2, 0) is 20.5 Å². The molecule has 0 bridgehead atoms. The van der Waals surface area contributed by atoms with E-state index in [-0.39, 0.29) is 5.92 Å². The number of hydrogen-bond acceptors (Lipinski definition) is 4. The maximum absolute atomic E-state index is 12.4. The number of hydrogen-bond donors (Lipinski definition) is 2. The lowest BCUT2D eigenvalue weighted by atomic mass is 10.0. The number of alkyl carbamates (subject to hydrolysis) is 1. The number of ether oxygens (including phenoxy) is 1. The Kier molecular flexibility index (Phi) is 7.89. The van der Waals surface area contributed by atoms with Crippen LogP contribution >= 0.6 is 11.6 Å². The lowest BCUT2D eigenvalue weighted by Crippen LogP contribution is -2.49. The largest absolute Gasteiger partial charge is 0.444 e. The number of benzene rings is 1. The van der Waals surface area contributed by atoms with E-state index in [4.69, 9.17) is 16.3 Å². The van der Waals surface area contributed by atoms with E-state index in [1.165, 1.54) is 6.07 Å². The Balaban J connectivity index is 2.79. The van der Waals surface area contributed by atoms with E-state index in [1.54, 1.807) is 39.0 Å². The molecule has 2 atom stereocenters. The first kappa shape index (κ1) is 21.4. The van der Waals surface area contributed by atoms with Crippen molar-refractivity contribution in [3.63, 3.8) is 0 Å². The molecule has 0 heterocycles. The number of rotatable bonds is 6. The Hall–Kier alpha value is -1.60.